The molecule has 40 heavy (non-hydrogen) atoms. The Balaban J connectivity index is 1.82. The van der Waals surface area contributed by atoms with Gasteiger partial charge in [0.2, 0.25) is 0 Å². The molecule has 8 nitrogen and oxygen atoms in total. The highest BCUT2D eigenvalue weighted by Crippen LogP contribution is 2.36. The van der Waals surface area contributed by atoms with Gasteiger partial charge in [-0.05, 0) is 42.8 Å². The molecule has 0 aliphatic carbocycles. The van der Waals surface area contributed by atoms with E-state index in [1.165, 1.54) is 11.3 Å². The Labute approximate surface area is 235 Å². The maximum atomic E-state index is 14.1. The van der Waals surface area contributed by atoms with Gasteiger partial charge in [-0.3, -0.25) is 9.36 Å². The van der Waals surface area contributed by atoms with E-state index in [-0.39, 0.29) is 17.7 Å². The molecule has 0 fully saturated rings. The van der Waals surface area contributed by atoms with E-state index in [9.17, 15) is 9.59 Å². The lowest BCUT2D eigenvalue weighted by molar-refractivity contribution is -0.138. The largest absolute Gasteiger partial charge is 0.497 e. The van der Waals surface area contributed by atoms with Crippen LogP contribution in [0.5, 0.6) is 17.2 Å². The van der Waals surface area contributed by atoms with Crippen molar-refractivity contribution in [2.24, 2.45) is 4.99 Å². The topological polar surface area (TPSA) is 88.4 Å². The van der Waals surface area contributed by atoms with E-state index < -0.39 is 12.0 Å². The number of hydrogen-bond acceptors (Lipinski definition) is 8. The number of carbonyl (C=O) groups is 1. The van der Waals surface area contributed by atoms with Crippen LogP contribution in [-0.4, -0.2) is 38.5 Å². The van der Waals surface area contributed by atoms with Crippen LogP contribution in [0.15, 0.2) is 88.2 Å². The van der Waals surface area contributed by atoms with Crippen LogP contribution in [0.2, 0.25) is 0 Å². The first kappa shape index (κ1) is 27.0. The molecule has 1 aliphatic heterocycles. The first-order valence-corrected chi connectivity index (χ1v) is 13.4. The summed E-state index contributed by atoms with van der Waals surface area (Å²) in [5.74, 6) is 1.26. The van der Waals surface area contributed by atoms with E-state index in [0.29, 0.717) is 43.4 Å². The van der Waals surface area contributed by atoms with Gasteiger partial charge in [0.15, 0.2) is 4.80 Å². The van der Waals surface area contributed by atoms with Crippen LogP contribution in [0.25, 0.3) is 11.8 Å². The van der Waals surface area contributed by atoms with Crippen LogP contribution in [0.4, 0.5) is 0 Å². The van der Waals surface area contributed by atoms with Crippen LogP contribution >= 0.6 is 11.3 Å². The number of esters is 1. The molecule has 4 aromatic rings. The second kappa shape index (κ2) is 11.6. The first-order chi connectivity index (χ1) is 19.5. The lowest BCUT2D eigenvalue weighted by atomic mass is 9.93. The second-order valence-corrected chi connectivity index (χ2v) is 9.83. The molecule has 0 radical (unpaired) electrons. The van der Waals surface area contributed by atoms with Gasteiger partial charge in [0.1, 0.15) is 17.2 Å². The van der Waals surface area contributed by atoms with Crippen molar-refractivity contribution in [3.63, 3.8) is 0 Å². The number of thiazole rings is 1. The molecule has 1 aliphatic rings. The Morgan fingerprint density at radius 1 is 0.950 bits per heavy atom. The summed E-state index contributed by atoms with van der Waals surface area (Å²) < 4.78 is 23.8. The lowest BCUT2D eigenvalue weighted by Crippen LogP contribution is -2.40. The third-order valence-corrected chi connectivity index (χ3v) is 7.49. The molecule has 5 rings (SSSR count). The number of ether oxygens (including phenoxy) is 4. The fourth-order valence-corrected chi connectivity index (χ4v) is 5.64. The van der Waals surface area contributed by atoms with E-state index in [4.69, 9.17) is 23.9 Å². The quantitative estimate of drug-likeness (QED) is 0.306. The maximum absolute atomic E-state index is 14.1. The smallest absolute Gasteiger partial charge is 0.338 e. The van der Waals surface area contributed by atoms with Crippen molar-refractivity contribution in [1.29, 1.82) is 0 Å². The van der Waals surface area contributed by atoms with Crippen molar-refractivity contribution in [2.45, 2.75) is 13.0 Å². The highest BCUT2D eigenvalue weighted by atomic mass is 32.1. The molecule has 0 bridgehead atoms. The minimum Gasteiger partial charge on any atom is -0.497 e. The van der Waals surface area contributed by atoms with Crippen molar-refractivity contribution in [2.75, 3.05) is 27.9 Å². The normalized spacial score (nSPS) is 14.8. The third-order valence-electron chi connectivity index (χ3n) is 6.51. The minimum absolute atomic E-state index is 0.177. The monoisotopic (exact) mass is 556 g/mol. The fourth-order valence-electron chi connectivity index (χ4n) is 4.65. The van der Waals surface area contributed by atoms with Crippen molar-refractivity contribution >= 4 is 29.1 Å². The van der Waals surface area contributed by atoms with Crippen LogP contribution in [0, 0.1) is 0 Å². The summed E-state index contributed by atoms with van der Waals surface area (Å²) in [6.45, 7) is 1.93. The molecular formula is C31H28N2O6S. The average Bonchev–Trinajstić information content (AvgIpc) is 3.31. The van der Waals surface area contributed by atoms with Gasteiger partial charge < -0.3 is 18.9 Å². The number of methoxy groups -OCH3 is 3. The van der Waals surface area contributed by atoms with E-state index in [2.05, 4.69) is 0 Å². The lowest BCUT2D eigenvalue weighted by Gasteiger charge is -2.26. The number of hydrogen-bond donors (Lipinski definition) is 0. The molecule has 1 aromatic heterocycles. The van der Waals surface area contributed by atoms with Gasteiger partial charge >= 0.3 is 5.97 Å². The predicted molar refractivity (Wildman–Crippen MR) is 154 cm³/mol. The Hall–Kier alpha value is -4.63. The first-order valence-electron chi connectivity index (χ1n) is 12.6. The Kier molecular flexibility index (Phi) is 7.84. The number of aromatic nitrogens is 1. The molecule has 1 atom stereocenters. The summed E-state index contributed by atoms with van der Waals surface area (Å²) in [7, 11) is 4.72. The summed E-state index contributed by atoms with van der Waals surface area (Å²) >= 11 is 1.24. The Morgan fingerprint density at radius 2 is 1.70 bits per heavy atom. The predicted octanol–water partition coefficient (Wildman–Crippen LogP) is 3.96. The average molecular weight is 557 g/mol. The second-order valence-electron chi connectivity index (χ2n) is 8.82. The third kappa shape index (κ3) is 5.03. The van der Waals surface area contributed by atoms with Gasteiger partial charge in [0.25, 0.3) is 5.56 Å². The highest BCUT2D eigenvalue weighted by molar-refractivity contribution is 7.07. The number of rotatable bonds is 8. The number of benzene rings is 3. The zero-order valence-corrected chi connectivity index (χ0v) is 23.4. The summed E-state index contributed by atoms with van der Waals surface area (Å²) in [4.78, 5) is 33.0. The van der Waals surface area contributed by atoms with Crippen molar-refractivity contribution in [3.05, 3.63) is 115 Å². The van der Waals surface area contributed by atoms with E-state index in [1.807, 2.05) is 60.7 Å². The minimum atomic E-state index is -0.791. The number of nitrogens with zero attached hydrogens (tertiary/aromatic N) is 2. The molecule has 0 unspecified atom stereocenters. The standard InChI is InChI=1S/C31H28N2O6S/c1-5-39-30(35)26-27(19-10-7-6-8-11-19)32-31-33(28(26)21-12-9-13-22(16-21)36-2)29(34)25(40-31)17-20-14-15-23(37-3)18-24(20)38-4/h6-18,28H,5H2,1-4H3/b25-17+/t28-/m1/s1. The molecule has 0 spiro atoms. The van der Waals surface area contributed by atoms with Gasteiger partial charge in [0.05, 0.1) is 49.8 Å². The van der Waals surface area contributed by atoms with E-state index in [1.54, 1.807) is 51.0 Å². The van der Waals surface area contributed by atoms with Gasteiger partial charge in [-0.2, -0.15) is 0 Å². The zero-order valence-electron chi connectivity index (χ0n) is 22.5. The molecule has 9 heteroatoms. The maximum Gasteiger partial charge on any atom is 0.338 e. The number of carbonyl (C=O) groups excluding carboxylic acids is 1. The Bertz CT molecular complexity index is 1770. The van der Waals surface area contributed by atoms with Crippen molar-refractivity contribution < 1.29 is 23.7 Å². The Morgan fingerprint density at radius 3 is 2.40 bits per heavy atom. The zero-order chi connectivity index (χ0) is 28.2. The van der Waals surface area contributed by atoms with Crippen LogP contribution in [0.3, 0.4) is 0 Å². The number of fused-ring (bicyclic) bond motifs is 1. The van der Waals surface area contributed by atoms with Crippen LogP contribution < -0.4 is 29.1 Å². The molecule has 204 valence electrons. The van der Waals surface area contributed by atoms with Gasteiger partial charge in [0, 0.05) is 17.2 Å². The summed E-state index contributed by atoms with van der Waals surface area (Å²) in [5.41, 5.74) is 2.60. The van der Waals surface area contributed by atoms with E-state index in [0.717, 1.165) is 5.56 Å². The molecule has 0 amide bonds. The highest BCUT2D eigenvalue weighted by Gasteiger charge is 2.35. The fraction of sp³-hybridized carbons (Fsp3) is 0.194. The molecule has 0 N–H and O–H groups in total. The van der Waals surface area contributed by atoms with Crippen LogP contribution in [-0.2, 0) is 9.53 Å². The SMILES string of the molecule is CCOC(=O)C1=C(c2ccccc2)N=c2s/c(=C/c3ccc(OC)cc3OC)c(=O)n2[C@@H]1c1cccc(OC)c1. The van der Waals surface area contributed by atoms with E-state index >= 15 is 0 Å². The van der Waals surface area contributed by atoms with Gasteiger partial charge in [-0.1, -0.05) is 53.8 Å². The summed E-state index contributed by atoms with van der Waals surface area (Å²) in [6, 6.07) is 21.4. The molecule has 2 heterocycles. The molecule has 3 aromatic carbocycles. The molecule has 0 saturated heterocycles. The van der Waals surface area contributed by atoms with Crippen molar-refractivity contribution in [1.82, 2.24) is 4.57 Å². The van der Waals surface area contributed by atoms with Gasteiger partial charge in [-0.15, -0.1) is 0 Å². The van der Waals surface area contributed by atoms with Gasteiger partial charge in [-0.25, -0.2) is 9.79 Å². The summed E-state index contributed by atoms with van der Waals surface area (Å²) in [6.07, 6.45) is 1.76. The molecule has 0 saturated carbocycles. The van der Waals surface area contributed by atoms with Crippen molar-refractivity contribution in [3.8, 4) is 17.2 Å². The van der Waals surface area contributed by atoms with Crippen LogP contribution in [0.1, 0.15) is 29.7 Å². The molecular weight excluding hydrogens is 528 g/mol. The summed E-state index contributed by atoms with van der Waals surface area (Å²) in [5, 5.41) is 0.